The summed E-state index contributed by atoms with van der Waals surface area (Å²) >= 11 is 0. The predicted octanol–water partition coefficient (Wildman–Crippen LogP) is 0.716. The summed E-state index contributed by atoms with van der Waals surface area (Å²) in [5.41, 5.74) is 1.84. The number of fused-ring (bicyclic) bond motifs is 1. The lowest BCUT2D eigenvalue weighted by atomic mass is 10.1. The van der Waals surface area contributed by atoms with Crippen LogP contribution < -0.4 is 26.0 Å². The molecule has 0 aliphatic carbocycles. The Morgan fingerprint density at radius 1 is 1.15 bits per heavy atom. The summed E-state index contributed by atoms with van der Waals surface area (Å²) in [6.45, 7) is 8.17. The molecule has 1 aromatic carbocycles. The molecule has 1 atom stereocenters. The highest BCUT2D eigenvalue weighted by molar-refractivity contribution is 5.88. The molecule has 2 amide bonds. The third kappa shape index (κ3) is 7.30. The zero-order valence-corrected chi connectivity index (χ0v) is 16.0. The highest BCUT2D eigenvalue weighted by Crippen LogP contribution is 2.19. The molecule has 0 aromatic heterocycles. The van der Waals surface area contributed by atoms with Gasteiger partial charge < -0.3 is 26.0 Å². The Morgan fingerprint density at radius 2 is 1.96 bits per heavy atom. The van der Waals surface area contributed by atoms with Crippen molar-refractivity contribution in [2.24, 2.45) is 0 Å². The molecule has 7 heteroatoms. The van der Waals surface area contributed by atoms with E-state index < -0.39 is 6.04 Å². The van der Waals surface area contributed by atoms with Gasteiger partial charge in [0.15, 0.2) is 0 Å². The van der Waals surface area contributed by atoms with Gasteiger partial charge in [0.2, 0.25) is 11.8 Å². The van der Waals surface area contributed by atoms with Gasteiger partial charge in [-0.25, -0.2) is 0 Å². The molecule has 1 heterocycles. The Labute approximate surface area is 160 Å². The Balaban J connectivity index is 2.00. The molecule has 0 spiro atoms. The second-order valence-corrected chi connectivity index (χ2v) is 6.51. The van der Waals surface area contributed by atoms with Crippen molar-refractivity contribution in [1.82, 2.24) is 21.3 Å². The van der Waals surface area contributed by atoms with Gasteiger partial charge in [-0.3, -0.25) is 9.59 Å². The van der Waals surface area contributed by atoms with Crippen LogP contribution in [0.25, 0.3) is 0 Å². The monoisotopic (exact) mass is 374 g/mol. The lowest BCUT2D eigenvalue weighted by Gasteiger charge is -2.18. The number of rotatable bonds is 1. The van der Waals surface area contributed by atoms with Crippen molar-refractivity contribution < 1.29 is 14.3 Å². The molecular formula is C20H30N4O3. The standard InChI is InChI=1S/C20H30N4O3/c1-3-17-20(26)22-10-6-8-16-7-4-5-9-18(16)27-12-11-21-13-15(2)23-14-19(25)24-17/h4-5,7,9,17,21,23H,2-3,6,8,10-14H2,1H3,(H,22,26)(H,24,25). The molecule has 2 rings (SSSR count). The van der Waals surface area contributed by atoms with Crippen LogP contribution in [0.4, 0.5) is 0 Å². The van der Waals surface area contributed by atoms with Crippen LogP contribution in [-0.4, -0.2) is 50.6 Å². The number of aryl methyl sites for hydroxylation is 1. The SMILES string of the molecule is C=C1CNCCOc2ccccc2CCCNC(=O)C(CC)NC(=O)CN1. The van der Waals surface area contributed by atoms with Crippen molar-refractivity contribution >= 4 is 11.8 Å². The second kappa shape index (κ2) is 11.2. The Bertz CT molecular complexity index is 648. The largest absolute Gasteiger partial charge is 0.492 e. The van der Waals surface area contributed by atoms with Crippen LogP contribution in [0.5, 0.6) is 5.75 Å². The summed E-state index contributed by atoms with van der Waals surface area (Å²) in [5.74, 6) is 0.496. The van der Waals surface area contributed by atoms with E-state index in [0.29, 0.717) is 38.4 Å². The summed E-state index contributed by atoms with van der Waals surface area (Å²) < 4.78 is 5.88. The fourth-order valence-corrected chi connectivity index (χ4v) is 2.80. The molecular weight excluding hydrogens is 344 g/mol. The number of hydrogen-bond donors (Lipinski definition) is 4. The molecule has 0 radical (unpaired) electrons. The number of benzene rings is 1. The minimum absolute atomic E-state index is 0.0914. The molecule has 4 N–H and O–H groups in total. The highest BCUT2D eigenvalue weighted by atomic mass is 16.5. The van der Waals surface area contributed by atoms with Crippen LogP contribution in [0.3, 0.4) is 0 Å². The van der Waals surface area contributed by atoms with E-state index in [0.717, 1.165) is 24.2 Å². The summed E-state index contributed by atoms with van der Waals surface area (Å²) in [6.07, 6.45) is 2.15. The first-order valence-corrected chi connectivity index (χ1v) is 9.50. The molecule has 0 bridgehead atoms. The van der Waals surface area contributed by atoms with E-state index in [1.807, 2.05) is 31.2 Å². The van der Waals surface area contributed by atoms with Gasteiger partial charge >= 0.3 is 0 Å². The van der Waals surface area contributed by atoms with Gasteiger partial charge in [-0.15, -0.1) is 0 Å². The zero-order valence-electron chi connectivity index (χ0n) is 16.0. The van der Waals surface area contributed by atoms with Gasteiger partial charge in [-0.1, -0.05) is 31.7 Å². The quantitative estimate of drug-likeness (QED) is 0.581. The summed E-state index contributed by atoms with van der Waals surface area (Å²) in [7, 11) is 0. The van der Waals surface area contributed by atoms with Crippen molar-refractivity contribution in [3.63, 3.8) is 0 Å². The maximum Gasteiger partial charge on any atom is 0.242 e. The predicted molar refractivity (Wildman–Crippen MR) is 106 cm³/mol. The Kier molecular flexibility index (Phi) is 8.64. The maximum absolute atomic E-state index is 12.3. The number of ether oxygens (including phenoxy) is 1. The van der Waals surface area contributed by atoms with Gasteiger partial charge in [0.25, 0.3) is 0 Å². The summed E-state index contributed by atoms with van der Waals surface area (Å²) in [6, 6.07) is 7.43. The maximum atomic E-state index is 12.3. The zero-order chi connectivity index (χ0) is 19.5. The fraction of sp³-hybridized carbons (Fsp3) is 0.500. The van der Waals surface area contributed by atoms with Crippen LogP contribution in [0.15, 0.2) is 36.5 Å². The van der Waals surface area contributed by atoms with Crippen molar-refractivity contribution in [3.8, 4) is 5.75 Å². The van der Waals surface area contributed by atoms with Gasteiger partial charge in [0.05, 0.1) is 6.54 Å². The van der Waals surface area contributed by atoms with E-state index in [2.05, 4.69) is 27.8 Å². The molecule has 7 nitrogen and oxygen atoms in total. The van der Waals surface area contributed by atoms with Gasteiger partial charge in [0.1, 0.15) is 18.4 Å². The summed E-state index contributed by atoms with van der Waals surface area (Å²) in [5, 5.41) is 11.9. The molecule has 1 aliphatic heterocycles. The lowest BCUT2D eigenvalue weighted by Crippen LogP contribution is -2.49. The third-order valence-electron chi connectivity index (χ3n) is 4.33. The van der Waals surface area contributed by atoms with Crippen LogP contribution in [0, 0.1) is 0 Å². The van der Waals surface area contributed by atoms with Crippen LogP contribution in [-0.2, 0) is 16.0 Å². The molecule has 0 saturated heterocycles. The smallest absolute Gasteiger partial charge is 0.242 e. The number of carbonyl (C=O) groups excluding carboxylic acids is 2. The number of nitrogens with one attached hydrogen (secondary N) is 4. The van der Waals surface area contributed by atoms with Gasteiger partial charge in [-0.2, -0.15) is 0 Å². The molecule has 0 saturated carbocycles. The van der Waals surface area contributed by atoms with Crippen molar-refractivity contribution in [1.29, 1.82) is 0 Å². The minimum atomic E-state index is -0.528. The molecule has 1 aromatic rings. The van der Waals surface area contributed by atoms with E-state index in [9.17, 15) is 9.59 Å². The van der Waals surface area contributed by atoms with Crippen molar-refractivity contribution in [2.45, 2.75) is 32.2 Å². The van der Waals surface area contributed by atoms with E-state index in [4.69, 9.17) is 4.74 Å². The number of carbonyl (C=O) groups is 2. The normalized spacial score (nSPS) is 20.8. The first kappa shape index (κ1) is 20.8. The van der Waals surface area contributed by atoms with E-state index in [1.165, 1.54) is 0 Å². The van der Waals surface area contributed by atoms with Crippen molar-refractivity contribution in [3.05, 3.63) is 42.1 Å². The molecule has 1 aliphatic rings. The third-order valence-corrected chi connectivity index (χ3v) is 4.33. The minimum Gasteiger partial charge on any atom is -0.492 e. The van der Waals surface area contributed by atoms with E-state index in [-0.39, 0.29) is 18.4 Å². The Morgan fingerprint density at radius 3 is 2.78 bits per heavy atom. The topological polar surface area (TPSA) is 91.5 Å². The number of amides is 2. The highest BCUT2D eigenvalue weighted by Gasteiger charge is 2.18. The number of hydrogen-bond acceptors (Lipinski definition) is 5. The van der Waals surface area contributed by atoms with Gasteiger partial charge in [-0.05, 0) is 30.9 Å². The average Bonchev–Trinajstić information content (AvgIpc) is 2.67. The fourth-order valence-electron chi connectivity index (χ4n) is 2.80. The lowest BCUT2D eigenvalue weighted by molar-refractivity contribution is -0.128. The summed E-state index contributed by atoms with van der Waals surface area (Å²) in [4.78, 5) is 24.3. The molecule has 1 unspecified atom stereocenters. The first-order valence-electron chi connectivity index (χ1n) is 9.50. The second-order valence-electron chi connectivity index (χ2n) is 6.51. The van der Waals surface area contributed by atoms with E-state index >= 15 is 0 Å². The van der Waals surface area contributed by atoms with Gasteiger partial charge in [0, 0.05) is 25.3 Å². The van der Waals surface area contributed by atoms with Crippen LogP contribution in [0.2, 0.25) is 0 Å². The molecule has 148 valence electrons. The van der Waals surface area contributed by atoms with E-state index in [1.54, 1.807) is 0 Å². The van der Waals surface area contributed by atoms with Crippen LogP contribution in [0.1, 0.15) is 25.3 Å². The average molecular weight is 374 g/mol. The number of para-hydroxylation sites is 1. The first-order chi connectivity index (χ1) is 13.1. The van der Waals surface area contributed by atoms with Crippen molar-refractivity contribution in [2.75, 3.05) is 32.8 Å². The van der Waals surface area contributed by atoms with Crippen LogP contribution >= 0.6 is 0 Å². The molecule has 27 heavy (non-hydrogen) atoms. The molecule has 0 fully saturated rings. The Hall–Kier alpha value is -2.54.